The average molecular weight is 392 g/mol. The Morgan fingerprint density at radius 2 is 1.69 bits per heavy atom. The molecule has 0 aromatic heterocycles. The van der Waals surface area contributed by atoms with Gasteiger partial charge in [0.2, 0.25) is 0 Å². The zero-order chi connectivity index (χ0) is 21.1. The molecule has 0 bridgehead atoms. The SMILES string of the molecule is CCCN1C(=O)C(Nc2ccc(OC(C)C)cc2)=C(c2ccc(C)cc2C)C1=O. The molecular weight excluding hydrogens is 364 g/mol. The van der Waals surface area contributed by atoms with Crippen LogP contribution in [0.4, 0.5) is 5.69 Å². The maximum absolute atomic E-state index is 13.1. The maximum Gasteiger partial charge on any atom is 0.278 e. The Morgan fingerprint density at radius 3 is 2.28 bits per heavy atom. The lowest BCUT2D eigenvalue weighted by Gasteiger charge is -2.14. The first-order valence-electron chi connectivity index (χ1n) is 10.0. The van der Waals surface area contributed by atoms with Gasteiger partial charge in [-0.15, -0.1) is 0 Å². The lowest BCUT2D eigenvalue weighted by Crippen LogP contribution is -2.33. The summed E-state index contributed by atoms with van der Waals surface area (Å²) in [4.78, 5) is 27.5. The van der Waals surface area contributed by atoms with Crippen molar-refractivity contribution in [1.29, 1.82) is 0 Å². The van der Waals surface area contributed by atoms with E-state index < -0.39 is 0 Å². The molecule has 0 saturated heterocycles. The fraction of sp³-hybridized carbons (Fsp3) is 0.333. The van der Waals surface area contributed by atoms with Crippen LogP contribution in [0.5, 0.6) is 5.75 Å². The lowest BCUT2D eigenvalue weighted by molar-refractivity contribution is -0.136. The molecule has 5 heteroatoms. The number of carbonyl (C=O) groups is 2. The van der Waals surface area contributed by atoms with Crippen molar-refractivity contribution in [1.82, 2.24) is 4.90 Å². The maximum atomic E-state index is 13.1. The Kier molecular flexibility index (Phi) is 6.06. The van der Waals surface area contributed by atoms with Crippen LogP contribution in [0, 0.1) is 13.8 Å². The number of nitrogens with zero attached hydrogens (tertiary/aromatic N) is 1. The minimum atomic E-state index is -0.283. The van der Waals surface area contributed by atoms with Gasteiger partial charge in [0, 0.05) is 12.2 Å². The van der Waals surface area contributed by atoms with Gasteiger partial charge in [-0.3, -0.25) is 14.5 Å². The van der Waals surface area contributed by atoms with Crippen LogP contribution < -0.4 is 10.1 Å². The van der Waals surface area contributed by atoms with E-state index in [1.165, 1.54) is 4.90 Å². The smallest absolute Gasteiger partial charge is 0.278 e. The average Bonchev–Trinajstić information content (AvgIpc) is 2.88. The Morgan fingerprint density at radius 1 is 1.00 bits per heavy atom. The molecule has 3 rings (SSSR count). The zero-order valence-corrected chi connectivity index (χ0v) is 17.7. The van der Waals surface area contributed by atoms with Crippen molar-refractivity contribution >= 4 is 23.1 Å². The zero-order valence-electron chi connectivity index (χ0n) is 17.7. The Bertz CT molecular complexity index is 959. The van der Waals surface area contributed by atoms with Crippen molar-refractivity contribution < 1.29 is 14.3 Å². The summed E-state index contributed by atoms with van der Waals surface area (Å²) in [5.74, 6) is 0.232. The molecule has 1 N–H and O–H groups in total. The largest absolute Gasteiger partial charge is 0.491 e. The number of hydrogen-bond donors (Lipinski definition) is 1. The van der Waals surface area contributed by atoms with Crippen molar-refractivity contribution in [3.63, 3.8) is 0 Å². The molecule has 0 aliphatic carbocycles. The molecule has 0 unspecified atom stereocenters. The van der Waals surface area contributed by atoms with Crippen LogP contribution in [0.25, 0.3) is 5.57 Å². The highest BCUT2D eigenvalue weighted by Gasteiger charge is 2.39. The number of rotatable bonds is 7. The van der Waals surface area contributed by atoms with E-state index in [4.69, 9.17) is 4.74 Å². The normalized spacial score (nSPS) is 14.2. The van der Waals surface area contributed by atoms with Gasteiger partial charge in [-0.2, -0.15) is 0 Å². The van der Waals surface area contributed by atoms with Crippen LogP contribution in [0.3, 0.4) is 0 Å². The summed E-state index contributed by atoms with van der Waals surface area (Å²) in [6, 6.07) is 13.3. The number of imide groups is 1. The highest BCUT2D eigenvalue weighted by atomic mass is 16.5. The van der Waals surface area contributed by atoms with Crippen molar-refractivity contribution in [2.24, 2.45) is 0 Å². The van der Waals surface area contributed by atoms with Crippen LogP contribution in [0.2, 0.25) is 0 Å². The van der Waals surface area contributed by atoms with Crippen LogP contribution in [0.1, 0.15) is 43.9 Å². The predicted molar refractivity (Wildman–Crippen MR) is 116 cm³/mol. The summed E-state index contributed by atoms with van der Waals surface area (Å²) in [5, 5.41) is 3.19. The number of carbonyl (C=O) groups excluding carboxylic acids is 2. The van der Waals surface area contributed by atoms with E-state index in [9.17, 15) is 9.59 Å². The number of benzene rings is 2. The molecule has 1 aliphatic heterocycles. The van der Waals surface area contributed by atoms with Crippen LogP contribution in [-0.4, -0.2) is 29.4 Å². The number of nitrogens with one attached hydrogen (secondary N) is 1. The fourth-order valence-electron chi connectivity index (χ4n) is 3.50. The summed E-state index contributed by atoms with van der Waals surface area (Å²) in [5.41, 5.74) is 4.37. The van der Waals surface area contributed by atoms with E-state index in [0.29, 0.717) is 24.2 Å². The Labute approximate surface area is 172 Å². The molecule has 1 heterocycles. The van der Waals surface area contributed by atoms with Gasteiger partial charge < -0.3 is 10.1 Å². The number of aryl methyl sites for hydroxylation is 2. The molecular formula is C24H28N2O3. The third kappa shape index (κ3) is 4.34. The summed E-state index contributed by atoms with van der Waals surface area (Å²) in [6.07, 6.45) is 0.802. The van der Waals surface area contributed by atoms with Gasteiger partial charge in [0.05, 0.1) is 11.7 Å². The minimum Gasteiger partial charge on any atom is -0.491 e. The molecule has 0 atom stereocenters. The van der Waals surface area contributed by atoms with Crippen LogP contribution >= 0.6 is 0 Å². The number of amides is 2. The van der Waals surface area contributed by atoms with E-state index in [-0.39, 0.29) is 17.9 Å². The second-order valence-electron chi connectivity index (χ2n) is 7.65. The second-order valence-corrected chi connectivity index (χ2v) is 7.65. The summed E-state index contributed by atoms with van der Waals surface area (Å²) in [6.45, 7) is 10.3. The van der Waals surface area contributed by atoms with Crippen molar-refractivity contribution in [2.75, 3.05) is 11.9 Å². The first kappa shape index (κ1) is 20.6. The van der Waals surface area contributed by atoms with E-state index in [1.807, 2.05) is 77.1 Å². The lowest BCUT2D eigenvalue weighted by atomic mass is 9.97. The highest BCUT2D eigenvalue weighted by Crippen LogP contribution is 2.33. The first-order chi connectivity index (χ1) is 13.8. The quantitative estimate of drug-likeness (QED) is 0.695. The third-order valence-corrected chi connectivity index (χ3v) is 4.76. The summed E-state index contributed by atoms with van der Waals surface area (Å²) < 4.78 is 5.67. The molecule has 0 saturated carbocycles. The number of anilines is 1. The molecule has 29 heavy (non-hydrogen) atoms. The van der Waals surface area contributed by atoms with Gasteiger partial charge in [-0.1, -0.05) is 30.7 Å². The molecule has 2 aromatic rings. The standard InChI is InChI=1S/C24H28N2O3/c1-6-13-26-23(27)21(20-12-7-16(4)14-17(20)5)22(24(26)28)25-18-8-10-19(11-9-18)29-15(2)3/h7-12,14-15,25H,6,13H2,1-5H3. The van der Waals surface area contributed by atoms with E-state index in [1.54, 1.807) is 0 Å². The molecule has 0 fully saturated rings. The molecule has 152 valence electrons. The van der Waals surface area contributed by atoms with Gasteiger partial charge in [-0.25, -0.2) is 0 Å². The molecule has 2 amide bonds. The van der Waals surface area contributed by atoms with Gasteiger partial charge in [0.15, 0.2) is 0 Å². The van der Waals surface area contributed by atoms with Crippen molar-refractivity contribution in [3.8, 4) is 5.75 Å². The monoisotopic (exact) mass is 392 g/mol. The molecule has 5 nitrogen and oxygen atoms in total. The summed E-state index contributed by atoms with van der Waals surface area (Å²) in [7, 11) is 0. The number of hydrogen-bond acceptors (Lipinski definition) is 4. The van der Waals surface area contributed by atoms with Gasteiger partial charge in [-0.05, 0) is 69.5 Å². The van der Waals surface area contributed by atoms with E-state index in [0.717, 1.165) is 28.1 Å². The van der Waals surface area contributed by atoms with E-state index >= 15 is 0 Å². The highest BCUT2D eigenvalue weighted by molar-refractivity contribution is 6.36. The van der Waals surface area contributed by atoms with Crippen molar-refractivity contribution in [2.45, 2.75) is 47.1 Å². The third-order valence-electron chi connectivity index (χ3n) is 4.76. The van der Waals surface area contributed by atoms with Crippen molar-refractivity contribution in [3.05, 3.63) is 64.9 Å². The molecule has 2 aromatic carbocycles. The topological polar surface area (TPSA) is 58.6 Å². The van der Waals surface area contributed by atoms with Gasteiger partial charge in [0.25, 0.3) is 11.8 Å². The summed E-state index contributed by atoms with van der Waals surface area (Å²) >= 11 is 0. The fourth-order valence-corrected chi connectivity index (χ4v) is 3.50. The Balaban J connectivity index is 2.01. The number of ether oxygens (including phenoxy) is 1. The minimum absolute atomic E-state index is 0.0873. The second kappa shape index (κ2) is 8.52. The van der Waals surface area contributed by atoms with Crippen LogP contribution in [0.15, 0.2) is 48.2 Å². The van der Waals surface area contributed by atoms with E-state index in [2.05, 4.69) is 5.32 Å². The molecule has 0 radical (unpaired) electrons. The first-order valence-corrected chi connectivity index (χ1v) is 10.0. The van der Waals surface area contributed by atoms with Crippen LogP contribution in [-0.2, 0) is 9.59 Å². The van der Waals surface area contributed by atoms with Gasteiger partial charge >= 0.3 is 0 Å². The Hall–Kier alpha value is -3.08. The predicted octanol–water partition coefficient (Wildman–Crippen LogP) is 4.69. The molecule has 0 spiro atoms. The van der Waals surface area contributed by atoms with Gasteiger partial charge in [0.1, 0.15) is 11.4 Å². The molecule has 1 aliphatic rings.